The molecule has 0 atom stereocenters. The molecule has 130 valence electrons. The van der Waals surface area contributed by atoms with Gasteiger partial charge in [0, 0.05) is 6.07 Å². The smallest absolute Gasteiger partial charge is 0.269 e. The van der Waals surface area contributed by atoms with Gasteiger partial charge >= 0.3 is 0 Å². The minimum atomic E-state index is -0.899. The Labute approximate surface area is 153 Å². The van der Waals surface area contributed by atoms with Crippen molar-refractivity contribution in [3.63, 3.8) is 0 Å². The summed E-state index contributed by atoms with van der Waals surface area (Å²) < 4.78 is 28.7. The molecular weight excluding hydrogens is 380 g/mol. The van der Waals surface area contributed by atoms with Gasteiger partial charge in [0.2, 0.25) is 0 Å². The fourth-order valence-corrected chi connectivity index (χ4v) is 3.94. The van der Waals surface area contributed by atoms with E-state index in [9.17, 15) is 18.4 Å². The Morgan fingerprint density at radius 2 is 1.96 bits per heavy atom. The molecule has 0 saturated heterocycles. The third-order valence-corrected chi connectivity index (χ3v) is 5.19. The Morgan fingerprint density at radius 3 is 2.73 bits per heavy atom. The second-order valence-corrected chi connectivity index (χ2v) is 7.07. The lowest BCUT2D eigenvalue weighted by Crippen LogP contribution is -2.15. The number of aromatic nitrogens is 2. The van der Waals surface area contributed by atoms with Gasteiger partial charge in [-0.3, -0.25) is 14.0 Å². The molecule has 0 spiro atoms. The highest BCUT2D eigenvalue weighted by Gasteiger charge is 2.19. The van der Waals surface area contributed by atoms with Crippen molar-refractivity contribution in [2.45, 2.75) is 0 Å². The van der Waals surface area contributed by atoms with Gasteiger partial charge in [0.1, 0.15) is 22.2 Å². The summed E-state index contributed by atoms with van der Waals surface area (Å²) in [6.45, 7) is 0. The molecule has 0 aliphatic carbocycles. The molecule has 0 aliphatic rings. The van der Waals surface area contributed by atoms with Crippen LogP contribution < -0.4 is 10.9 Å². The number of anilines is 1. The summed E-state index contributed by atoms with van der Waals surface area (Å²) in [7, 11) is 0. The number of H-pyrrole nitrogens is 1. The monoisotopic (exact) mass is 389 g/mol. The predicted octanol–water partition coefficient (Wildman–Crippen LogP) is 4.10. The first-order valence-corrected chi connectivity index (χ1v) is 8.61. The molecule has 1 amide bonds. The van der Waals surface area contributed by atoms with Crippen molar-refractivity contribution in [2.75, 3.05) is 5.32 Å². The van der Waals surface area contributed by atoms with E-state index in [1.165, 1.54) is 0 Å². The second-order valence-electron chi connectivity index (χ2n) is 5.43. The Balaban J connectivity index is 1.88. The van der Waals surface area contributed by atoms with Crippen LogP contribution in [-0.2, 0) is 0 Å². The fourth-order valence-electron chi connectivity index (χ4n) is 2.66. The Hall–Kier alpha value is -2.91. The number of thiazole rings is 1. The van der Waals surface area contributed by atoms with Gasteiger partial charge < -0.3 is 10.3 Å². The van der Waals surface area contributed by atoms with Crippen molar-refractivity contribution >= 4 is 51.7 Å². The third kappa shape index (κ3) is 2.61. The summed E-state index contributed by atoms with van der Waals surface area (Å²) in [5.74, 6) is -2.30. The molecule has 0 radical (unpaired) electrons. The highest BCUT2D eigenvalue weighted by atomic mass is 32.1. The molecule has 2 N–H and O–H groups in total. The number of para-hydroxylation sites is 1. The van der Waals surface area contributed by atoms with Gasteiger partial charge in [0.15, 0.2) is 3.95 Å². The molecule has 0 aliphatic heterocycles. The number of carbonyl (C=O) groups excluding carboxylic acids is 1. The standard InChI is InChI=1S/C17H9F2N3O2S2/c18-8-5-6-11(10(19)7-8)20-16(24)13-14-21-15(23)9-3-1-2-4-12(9)22(14)17(25)26-13/h1-7H,(H,20,24)(H,21,23). The van der Waals surface area contributed by atoms with Gasteiger partial charge in [-0.25, -0.2) is 8.78 Å². The van der Waals surface area contributed by atoms with Crippen molar-refractivity contribution in [3.05, 3.63) is 73.3 Å². The molecule has 0 saturated carbocycles. The summed E-state index contributed by atoms with van der Waals surface area (Å²) in [5, 5.41) is 2.81. The molecule has 2 aromatic carbocycles. The number of benzene rings is 2. The van der Waals surface area contributed by atoms with E-state index in [4.69, 9.17) is 12.2 Å². The molecule has 0 fully saturated rings. The van der Waals surface area contributed by atoms with Crippen LogP contribution in [0.4, 0.5) is 14.5 Å². The van der Waals surface area contributed by atoms with E-state index in [1.807, 2.05) is 0 Å². The van der Waals surface area contributed by atoms with Crippen molar-refractivity contribution in [1.29, 1.82) is 0 Å². The first kappa shape index (κ1) is 16.6. The quantitative estimate of drug-likeness (QED) is 0.507. The topological polar surface area (TPSA) is 66.4 Å². The van der Waals surface area contributed by atoms with Crippen molar-refractivity contribution in [2.24, 2.45) is 0 Å². The van der Waals surface area contributed by atoms with Crippen LogP contribution in [0.3, 0.4) is 0 Å². The molecule has 0 bridgehead atoms. The highest BCUT2D eigenvalue weighted by Crippen LogP contribution is 2.24. The zero-order valence-corrected chi connectivity index (χ0v) is 14.5. The fraction of sp³-hybridized carbons (Fsp3) is 0. The number of carbonyl (C=O) groups is 1. The molecule has 5 nitrogen and oxygen atoms in total. The number of amides is 1. The second kappa shape index (κ2) is 6.11. The maximum absolute atomic E-state index is 13.8. The Kier molecular flexibility index (Phi) is 3.89. The SMILES string of the molecule is O=C(Nc1ccc(F)cc1F)c1sc(=S)n2c1[nH]c(=O)c1ccccc12. The minimum absolute atomic E-state index is 0.126. The van der Waals surface area contributed by atoms with E-state index in [1.54, 1.807) is 28.7 Å². The van der Waals surface area contributed by atoms with Crippen LogP contribution in [0.5, 0.6) is 0 Å². The number of rotatable bonds is 2. The largest absolute Gasteiger partial charge is 0.319 e. The van der Waals surface area contributed by atoms with Crippen LogP contribution in [0.1, 0.15) is 9.67 Å². The highest BCUT2D eigenvalue weighted by molar-refractivity contribution is 7.73. The van der Waals surface area contributed by atoms with Crippen LogP contribution >= 0.6 is 23.6 Å². The maximum Gasteiger partial charge on any atom is 0.269 e. The molecule has 2 heterocycles. The summed E-state index contributed by atoms with van der Waals surface area (Å²) in [6.07, 6.45) is 0. The van der Waals surface area contributed by atoms with Crippen molar-refractivity contribution in [3.8, 4) is 0 Å². The maximum atomic E-state index is 13.8. The number of hydrogen-bond donors (Lipinski definition) is 2. The van der Waals surface area contributed by atoms with E-state index < -0.39 is 17.5 Å². The first-order valence-electron chi connectivity index (χ1n) is 7.38. The third-order valence-electron chi connectivity index (χ3n) is 3.82. The number of hydrogen-bond acceptors (Lipinski definition) is 4. The summed E-state index contributed by atoms with van der Waals surface area (Å²) in [6, 6.07) is 9.69. The number of fused-ring (bicyclic) bond motifs is 3. The number of nitrogens with zero attached hydrogens (tertiary/aromatic N) is 1. The summed E-state index contributed by atoms with van der Waals surface area (Å²) in [4.78, 5) is 27.7. The first-order chi connectivity index (χ1) is 12.5. The van der Waals surface area contributed by atoms with Gasteiger partial charge in [-0.15, -0.1) is 0 Å². The molecule has 2 aromatic heterocycles. The van der Waals surface area contributed by atoms with Gasteiger partial charge in [0.25, 0.3) is 11.5 Å². The zero-order chi connectivity index (χ0) is 18.4. The summed E-state index contributed by atoms with van der Waals surface area (Å²) >= 11 is 6.31. The summed E-state index contributed by atoms with van der Waals surface area (Å²) in [5.41, 5.74) is 0.260. The van der Waals surface area contributed by atoms with E-state index in [-0.39, 0.29) is 21.8 Å². The average Bonchev–Trinajstić information content (AvgIpc) is 2.94. The molecule has 9 heteroatoms. The Bertz CT molecular complexity index is 1310. The molecular formula is C17H9F2N3O2S2. The van der Waals surface area contributed by atoms with Gasteiger partial charge in [-0.1, -0.05) is 23.5 Å². The van der Waals surface area contributed by atoms with Crippen LogP contribution in [0.15, 0.2) is 47.3 Å². The van der Waals surface area contributed by atoms with Gasteiger partial charge in [0.05, 0.1) is 16.6 Å². The number of aromatic amines is 1. The molecule has 26 heavy (non-hydrogen) atoms. The zero-order valence-electron chi connectivity index (χ0n) is 12.9. The average molecular weight is 389 g/mol. The number of nitrogens with one attached hydrogen (secondary N) is 2. The van der Waals surface area contributed by atoms with Gasteiger partial charge in [-0.05, 0) is 36.5 Å². The number of halogens is 2. The lowest BCUT2D eigenvalue weighted by Gasteiger charge is -2.06. The normalized spacial score (nSPS) is 11.2. The van der Waals surface area contributed by atoms with Crippen LogP contribution in [0.25, 0.3) is 16.6 Å². The van der Waals surface area contributed by atoms with E-state index in [0.717, 1.165) is 23.5 Å². The molecule has 4 rings (SSSR count). The minimum Gasteiger partial charge on any atom is -0.319 e. The van der Waals surface area contributed by atoms with Crippen LogP contribution in [-0.4, -0.2) is 15.3 Å². The van der Waals surface area contributed by atoms with E-state index in [2.05, 4.69) is 10.3 Å². The lowest BCUT2D eigenvalue weighted by molar-refractivity contribution is 0.103. The molecule has 0 unspecified atom stereocenters. The van der Waals surface area contributed by atoms with Crippen LogP contribution in [0, 0.1) is 15.6 Å². The van der Waals surface area contributed by atoms with Crippen molar-refractivity contribution < 1.29 is 13.6 Å². The van der Waals surface area contributed by atoms with Crippen molar-refractivity contribution in [1.82, 2.24) is 9.38 Å². The van der Waals surface area contributed by atoms with E-state index in [0.29, 0.717) is 20.9 Å². The van der Waals surface area contributed by atoms with Crippen LogP contribution in [0.2, 0.25) is 0 Å². The Morgan fingerprint density at radius 1 is 1.19 bits per heavy atom. The van der Waals surface area contributed by atoms with E-state index >= 15 is 0 Å². The van der Waals surface area contributed by atoms with Gasteiger partial charge in [-0.2, -0.15) is 0 Å². The lowest BCUT2D eigenvalue weighted by atomic mass is 10.2. The molecule has 4 aromatic rings. The predicted molar refractivity (Wildman–Crippen MR) is 98.5 cm³/mol.